The van der Waals surface area contributed by atoms with Crippen molar-refractivity contribution in [2.75, 3.05) is 13.1 Å². The Balaban J connectivity index is 1.76. The molecule has 1 atom stereocenters. The third-order valence-corrected chi connectivity index (χ3v) is 4.15. The molecule has 1 N–H and O–H groups in total. The molecule has 1 amide bonds. The predicted octanol–water partition coefficient (Wildman–Crippen LogP) is 2.57. The summed E-state index contributed by atoms with van der Waals surface area (Å²) in [5, 5.41) is 10.1. The molecule has 1 unspecified atom stereocenters. The van der Waals surface area contributed by atoms with Crippen molar-refractivity contribution >= 4 is 28.9 Å². The van der Waals surface area contributed by atoms with E-state index in [1.165, 1.54) is 6.08 Å². The second-order valence-corrected chi connectivity index (χ2v) is 5.72. The minimum absolute atomic E-state index is 0.149. The molecular formula is C18H18N2O3. The molecule has 1 saturated heterocycles. The largest absolute Gasteiger partial charge is 0.481 e. The van der Waals surface area contributed by atoms with E-state index < -0.39 is 11.9 Å². The van der Waals surface area contributed by atoms with Gasteiger partial charge in [0.05, 0.1) is 11.4 Å². The van der Waals surface area contributed by atoms with Crippen LogP contribution in [-0.4, -0.2) is 40.0 Å². The molecule has 0 radical (unpaired) electrons. The number of benzene rings is 1. The molecule has 3 rings (SSSR count). The standard InChI is InChI=1S/C18H18N2O3/c21-16(20-11-3-7-15(12-20)18(22)23)9-8-14-5-1-4-13-6-2-10-19-17(13)14/h1-2,4-6,8-10,15H,3,7,11-12H2,(H,22,23)/b9-8+. The zero-order valence-corrected chi connectivity index (χ0v) is 12.7. The molecule has 1 aromatic carbocycles. The van der Waals surface area contributed by atoms with Crippen molar-refractivity contribution in [3.8, 4) is 0 Å². The number of para-hydroxylation sites is 1. The van der Waals surface area contributed by atoms with Crippen LogP contribution in [0, 0.1) is 5.92 Å². The Morgan fingerprint density at radius 2 is 2.09 bits per heavy atom. The highest BCUT2D eigenvalue weighted by Crippen LogP contribution is 2.19. The van der Waals surface area contributed by atoms with Crippen LogP contribution in [0.3, 0.4) is 0 Å². The van der Waals surface area contributed by atoms with Gasteiger partial charge < -0.3 is 10.0 Å². The first-order valence-corrected chi connectivity index (χ1v) is 7.68. The molecule has 2 heterocycles. The van der Waals surface area contributed by atoms with Crippen LogP contribution in [-0.2, 0) is 9.59 Å². The van der Waals surface area contributed by atoms with Gasteiger partial charge >= 0.3 is 5.97 Å². The zero-order chi connectivity index (χ0) is 16.2. The molecule has 1 aliphatic rings. The van der Waals surface area contributed by atoms with Gasteiger partial charge in [-0.2, -0.15) is 0 Å². The number of carboxylic acid groups (broad SMARTS) is 1. The number of pyridine rings is 1. The highest BCUT2D eigenvalue weighted by molar-refractivity contribution is 5.95. The van der Waals surface area contributed by atoms with Gasteiger partial charge in [0.1, 0.15) is 0 Å². The molecule has 0 bridgehead atoms. The topological polar surface area (TPSA) is 70.5 Å². The molecule has 0 saturated carbocycles. The van der Waals surface area contributed by atoms with E-state index in [1.54, 1.807) is 17.2 Å². The molecule has 5 heteroatoms. The fourth-order valence-corrected chi connectivity index (χ4v) is 2.91. The Bertz CT molecular complexity index is 764. The maximum Gasteiger partial charge on any atom is 0.308 e. The summed E-state index contributed by atoms with van der Waals surface area (Å²) in [6.45, 7) is 0.896. The van der Waals surface area contributed by atoms with Gasteiger partial charge in [0.15, 0.2) is 0 Å². The molecule has 1 aliphatic heterocycles. The van der Waals surface area contributed by atoms with Crippen molar-refractivity contribution in [2.45, 2.75) is 12.8 Å². The Hall–Kier alpha value is -2.69. The number of carboxylic acids is 1. The lowest BCUT2D eigenvalue weighted by molar-refractivity contribution is -0.144. The number of fused-ring (bicyclic) bond motifs is 1. The summed E-state index contributed by atoms with van der Waals surface area (Å²) >= 11 is 0. The maximum absolute atomic E-state index is 12.3. The number of piperidine rings is 1. The first-order valence-electron chi connectivity index (χ1n) is 7.68. The van der Waals surface area contributed by atoms with E-state index >= 15 is 0 Å². The Labute approximate surface area is 134 Å². The van der Waals surface area contributed by atoms with Crippen LogP contribution in [0.15, 0.2) is 42.6 Å². The van der Waals surface area contributed by atoms with Gasteiger partial charge in [-0.3, -0.25) is 14.6 Å². The number of hydrogen-bond donors (Lipinski definition) is 1. The van der Waals surface area contributed by atoms with Gasteiger partial charge in [-0.25, -0.2) is 0 Å². The van der Waals surface area contributed by atoms with Gasteiger partial charge in [0.2, 0.25) is 5.91 Å². The third kappa shape index (κ3) is 3.39. The van der Waals surface area contributed by atoms with E-state index in [0.29, 0.717) is 13.0 Å². The lowest BCUT2D eigenvalue weighted by atomic mass is 9.98. The predicted molar refractivity (Wildman–Crippen MR) is 87.7 cm³/mol. The number of likely N-dealkylation sites (tertiary alicyclic amines) is 1. The van der Waals surface area contributed by atoms with E-state index in [0.717, 1.165) is 22.9 Å². The van der Waals surface area contributed by atoms with E-state index in [4.69, 9.17) is 5.11 Å². The molecule has 0 spiro atoms. The highest BCUT2D eigenvalue weighted by atomic mass is 16.4. The van der Waals surface area contributed by atoms with Crippen molar-refractivity contribution in [3.63, 3.8) is 0 Å². The van der Waals surface area contributed by atoms with Crippen molar-refractivity contribution in [1.29, 1.82) is 0 Å². The van der Waals surface area contributed by atoms with Crippen molar-refractivity contribution in [1.82, 2.24) is 9.88 Å². The molecule has 118 valence electrons. The molecule has 1 fully saturated rings. The van der Waals surface area contributed by atoms with E-state index in [1.807, 2.05) is 30.3 Å². The second-order valence-electron chi connectivity index (χ2n) is 5.72. The normalized spacial score (nSPS) is 18.4. The number of carbonyl (C=O) groups excluding carboxylic acids is 1. The minimum atomic E-state index is -0.829. The Morgan fingerprint density at radius 1 is 1.26 bits per heavy atom. The molecule has 1 aromatic heterocycles. The summed E-state index contributed by atoms with van der Waals surface area (Å²) in [5.41, 5.74) is 1.73. The monoisotopic (exact) mass is 310 g/mol. The minimum Gasteiger partial charge on any atom is -0.481 e. The average molecular weight is 310 g/mol. The summed E-state index contributed by atoms with van der Waals surface area (Å²) in [6.07, 6.45) is 6.35. The zero-order valence-electron chi connectivity index (χ0n) is 12.7. The number of aliphatic carboxylic acids is 1. The Morgan fingerprint density at radius 3 is 2.91 bits per heavy atom. The fourth-order valence-electron chi connectivity index (χ4n) is 2.91. The van der Waals surface area contributed by atoms with Gasteiger partial charge in [-0.05, 0) is 25.0 Å². The highest BCUT2D eigenvalue weighted by Gasteiger charge is 2.27. The van der Waals surface area contributed by atoms with Gasteiger partial charge in [0.25, 0.3) is 0 Å². The Kier molecular flexibility index (Phi) is 4.37. The first kappa shape index (κ1) is 15.2. The number of rotatable bonds is 3. The van der Waals surface area contributed by atoms with Gasteiger partial charge in [-0.15, -0.1) is 0 Å². The summed E-state index contributed by atoms with van der Waals surface area (Å²) in [6, 6.07) is 9.67. The summed E-state index contributed by atoms with van der Waals surface area (Å²) < 4.78 is 0. The lowest BCUT2D eigenvalue weighted by Crippen LogP contribution is -2.41. The van der Waals surface area contributed by atoms with E-state index in [-0.39, 0.29) is 12.5 Å². The quantitative estimate of drug-likeness (QED) is 0.885. The third-order valence-electron chi connectivity index (χ3n) is 4.15. The summed E-state index contributed by atoms with van der Waals surface area (Å²) in [5.74, 6) is -1.44. The van der Waals surface area contributed by atoms with Crippen LogP contribution in [0.5, 0.6) is 0 Å². The van der Waals surface area contributed by atoms with Crippen LogP contribution in [0.1, 0.15) is 18.4 Å². The molecule has 0 aliphatic carbocycles. The number of nitrogens with zero attached hydrogens (tertiary/aromatic N) is 2. The van der Waals surface area contributed by atoms with Crippen LogP contribution in [0.25, 0.3) is 17.0 Å². The summed E-state index contributed by atoms with van der Waals surface area (Å²) in [4.78, 5) is 29.3. The number of carbonyl (C=O) groups is 2. The molecule has 23 heavy (non-hydrogen) atoms. The molecule has 5 nitrogen and oxygen atoms in total. The molecule has 2 aromatic rings. The van der Waals surface area contributed by atoms with Crippen molar-refractivity contribution in [3.05, 3.63) is 48.2 Å². The van der Waals surface area contributed by atoms with Gasteiger partial charge in [-0.1, -0.05) is 24.3 Å². The summed E-state index contributed by atoms with van der Waals surface area (Å²) in [7, 11) is 0. The number of amides is 1. The maximum atomic E-state index is 12.3. The fraction of sp³-hybridized carbons (Fsp3) is 0.278. The first-order chi connectivity index (χ1) is 11.1. The SMILES string of the molecule is O=C(O)C1CCCN(C(=O)/C=C/c2cccc3cccnc23)C1. The van der Waals surface area contributed by atoms with Crippen LogP contribution in [0.4, 0.5) is 0 Å². The number of aromatic nitrogens is 1. The lowest BCUT2D eigenvalue weighted by Gasteiger charge is -2.29. The molecular weight excluding hydrogens is 292 g/mol. The van der Waals surface area contributed by atoms with Crippen molar-refractivity contribution in [2.24, 2.45) is 5.92 Å². The van der Waals surface area contributed by atoms with Crippen LogP contribution >= 0.6 is 0 Å². The van der Waals surface area contributed by atoms with Crippen LogP contribution in [0.2, 0.25) is 0 Å². The van der Waals surface area contributed by atoms with Crippen molar-refractivity contribution < 1.29 is 14.7 Å². The van der Waals surface area contributed by atoms with Gasteiger partial charge in [0, 0.05) is 36.3 Å². The second kappa shape index (κ2) is 6.60. The van der Waals surface area contributed by atoms with E-state index in [2.05, 4.69) is 4.98 Å². The van der Waals surface area contributed by atoms with E-state index in [9.17, 15) is 9.59 Å². The number of hydrogen-bond acceptors (Lipinski definition) is 3. The average Bonchev–Trinajstić information content (AvgIpc) is 2.59. The van der Waals surface area contributed by atoms with Crippen LogP contribution < -0.4 is 0 Å². The smallest absolute Gasteiger partial charge is 0.308 e.